The van der Waals surface area contributed by atoms with Gasteiger partial charge in [-0.3, -0.25) is 4.79 Å². The van der Waals surface area contributed by atoms with Crippen molar-refractivity contribution in [3.8, 4) is 5.75 Å². The first-order valence-corrected chi connectivity index (χ1v) is 8.37. The Labute approximate surface area is 154 Å². The second-order valence-corrected chi connectivity index (χ2v) is 6.31. The topological polar surface area (TPSA) is 91.6 Å². The van der Waals surface area contributed by atoms with Gasteiger partial charge in [-0.1, -0.05) is 11.6 Å². The van der Waals surface area contributed by atoms with Gasteiger partial charge in [0.1, 0.15) is 17.0 Å². The Balaban J connectivity index is 2.04. The van der Waals surface area contributed by atoms with Gasteiger partial charge in [-0.25, -0.2) is 4.79 Å². The molecule has 0 aliphatic carbocycles. The number of benzene rings is 2. The molecule has 3 aromatic rings. The van der Waals surface area contributed by atoms with Crippen molar-refractivity contribution in [2.45, 2.75) is 20.4 Å². The molecule has 3 N–H and O–H groups in total. The summed E-state index contributed by atoms with van der Waals surface area (Å²) in [6, 6.07) is 9.37. The number of rotatable bonds is 4. The first-order valence-electron chi connectivity index (χ1n) is 7.99. The van der Waals surface area contributed by atoms with E-state index in [2.05, 4.69) is 5.32 Å². The number of phenols is 1. The van der Waals surface area contributed by atoms with Crippen molar-refractivity contribution in [3.05, 3.63) is 58.2 Å². The zero-order valence-electron chi connectivity index (χ0n) is 14.2. The molecule has 1 heterocycles. The number of aromatic nitrogens is 1. The molecule has 0 bridgehead atoms. The molecule has 0 aliphatic heterocycles. The van der Waals surface area contributed by atoms with E-state index in [0.717, 1.165) is 16.5 Å². The van der Waals surface area contributed by atoms with Crippen LogP contribution in [0.25, 0.3) is 10.9 Å². The van der Waals surface area contributed by atoms with Crippen LogP contribution in [0.1, 0.15) is 33.3 Å². The highest BCUT2D eigenvalue weighted by Crippen LogP contribution is 2.29. The molecule has 0 aliphatic rings. The van der Waals surface area contributed by atoms with Crippen LogP contribution in [0.2, 0.25) is 5.02 Å². The van der Waals surface area contributed by atoms with Crippen LogP contribution in [0.3, 0.4) is 0 Å². The van der Waals surface area contributed by atoms with Crippen LogP contribution in [-0.4, -0.2) is 26.7 Å². The molecule has 26 heavy (non-hydrogen) atoms. The Morgan fingerprint density at radius 2 is 1.92 bits per heavy atom. The Morgan fingerprint density at radius 1 is 1.19 bits per heavy atom. The number of carboxylic acid groups (broad SMARTS) is 1. The summed E-state index contributed by atoms with van der Waals surface area (Å²) in [6.07, 6.45) is 0. The molecule has 0 saturated heterocycles. The molecular weight excluding hydrogens is 356 g/mol. The maximum atomic E-state index is 12.9. The summed E-state index contributed by atoms with van der Waals surface area (Å²) in [4.78, 5) is 24.0. The summed E-state index contributed by atoms with van der Waals surface area (Å²) < 4.78 is 1.88. The number of amides is 1. The van der Waals surface area contributed by atoms with Crippen LogP contribution < -0.4 is 5.32 Å². The van der Waals surface area contributed by atoms with Gasteiger partial charge in [-0.15, -0.1) is 0 Å². The van der Waals surface area contributed by atoms with Crippen LogP contribution >= 0.6 is 11.6 Å². The summed E-state index contributed by atoms with van der Waals surface area (Å²) in [5, 5.41) is 22.9. The molecule has 6 nitrogen and oxygen atoms in total. The van der Waals surface area contributed by atoms with Crippen LogP contribution in [0, 0.1) is 6.92 Å². The molecule has 0 fully saturated rings. The molecule has 0 atom stereocenters. The van der Waals surface area contributed by atoms with Crippen molar-refractivity contribution >= 4 is 40.1 Å². The van der Waals surface area contributed by atoms with Crippen molar-refractivity contribution in [3.63, 3.8) is 0 Å². The third-order valence-electron chi connectivity index (χ3n) is 4.29. The number of carbonyl (C=O) groups is 2. The Kier molecular flexibility index (Phi) is 4.61. The van der Waals surface area contributed by atoms with Gasteiger partial charge < -0.3 is 20.1 Å². The van der Waals surface area contributed by atoms with Gasteiger partial charge in [0.05, 0.1) is 0 Å². The largest absolute Gasteiger partial charge is 0.507 e. The van der Waals surface area contributed by atoms with E-state index in [0.29, 0.717) is 17.3 Å². The molecule has 134 valence electrons. The van der Waals surface area contributed by atoms with E-state index in [9.17, 15) is 14.7 Å². The summed E-state index contributed by atoms with van der Waals surface area (Å²) in [5.41, 5.74) is 2.18. The minimum atomic E-state index is -1.27. The minimum absolute atomic E-state index is 0.276. The fourth-order valence-electron chi connectivity index (χ4n) is 3.09. The van der Waals surface area contributed by atoms with Gasteiger partial charge in [0, 0.05) is 28.2 Å². The Bertz CT molecular complexity index is 1040. The molecule has 2 aromatic carbocycles. The highest BCUT2D eigenvalue weighted by molar-refractivity contribution is 6.31. The fraction of sp³-hybridized carbons (Fsp3) is 0.158. The van der Waals surface area contributed by atoms with Gasteiger partial charge >= 0.3 is 5.97 Å². The van der Waals surface area contributed by atoms with E-state index in [1.54, 1.807) is 6.07 Å². The van der Waals surface area contributed by atoms with E-state index >= 15 is 0 Å². The fourth-order valence-corrected chi connectivity index (χ4v) is 3.26. The second-order valence-electron chi connectivity index (χ2n) is 5.87. The maximum absolute atomic E-state index is 12.9. The zero-order valence-corrected chi connectivity index (χ0v) is 15.0. The number of aromatic hydroxyl groups is 1. The smallest absolute Gasteiger partial charge is 0.339 e. The molecule has 1 amide bonds. The highest BCUT2D eigenvalue weighted by atomic mass is 35.5. The van der Waals surface area contributed by atoms with Crippen molar-refractivity contribution in [2.24, 2.45) is 0 Å². The third kappa shape index (κ3) is 2.99. The van der Waals surface area contributed by atoms with E-state index in [1.807, 2.05) is 30.5 Å². The van der Waals surface area contributed by atoms with Gasteiger partial charge in [0.15, 0.2) is 0 Å². The van der Waals surface area contributed by atoms with Gasteiger partial charge in [0.2, 0.25) is 0 Å². The van der Waals surface area contributed by atoms with Crippen LogP contribution in [-0.2, 0) is 6.54 Å². The second kappa shape index (κ2) is 6.72. The lowest BCUT2D eigenvalue weighted by atomic mass is 10.1. The van der Waals surface area contributed by atoms with E-state index in [-0.39, 0.29) is 22.9 Å². The van der Waals surface area contributed by atoms with E-state index in [4.69, 9.17) is 16.7 Å². The number of hydrogen-bond acceptors (Lipinski definition) is 3. The monoisotopic (exact) mass is 372 g/mol. The Morgan fingerprint density at radius 3 is 2.58 bits per heavy atom. The number of carbonyl (C=O) groups excluding carboxylic acids is 1. The molecule has 0 unspecified atom stereocenters. The molecule has 1 aromatic heterocycles. The third-order valence-corrected chi connectivity index (χ3v) is 4.53. The summed E-state index contributed by atoms with van der Waals surface area (Å²) in [7, 11) is 0. The number of carboxylic acids is 1. The van der Waals surface area contributed by atoms with Gasteiger partial charge in [0.25, 0.3) is 5.91 Å². The average molecular weight is 373 g/mol. The van der Waals surface area contributed by atoms with Crippen LogP contribution in [0.4, 0.5) is 5.69 Å². The first-order chi connectivity index (χ1) is 12.3. The molecule has 0 spiro atoms. The molecule has 0 saturated carbocycles. The number of aromatic carboxylic acids is 1. The number of aryl methyl sites for hydroxylation is 2. The molecule has 3 rings (SSSR count). The standard InChI is InChI=1S/C19H17ClN2O4/c1-3-22-15-6-4-11(20)8-13(15)10(2)17(22)18(24)21-12-5-7-16(23)14(9-12)19(25)26/h4-9,23H,3H2,1-2H3,(H,21,24)(H,25,26). The summed E-state index contributed by atoms with van der Waals surface area (Å²) in [5.74, 6) is -1.99. The molecule has 7 heteroatoms. The normalized spacial score (nSPS) is 10.9. The molecule has 0 radical (unpaired) electrons. The predicted molar refractivity (Wildman–Crippen MR) is 100 cm³/mol. The van der Waals surface area contributed by atoms with E-state index in [1.165, 1.54) is 18.2 Å². The van der Waals surface area contributed by atoms with Crippen molar-refractivity contribution in [2.75, 3.05) is 5.32 Å². The number of nitrogens with zero attached hydrogens (tertiary/aromatic N) is 1. The predicted octanol–water partition coefficient (Wildman–Crippen LogP) is 4.28. The number of hydrogen-bond donors (Lipinski definition) is 3. The van der Waals surface area contributed by atoms with Crippen molar-refractivity contribution in [1.82, 2.24) is 4.57 Å². The number of halogens is 1. The Hall–Kier alpha value is -2.99. The van der Waals surface area contributed by atoms with Crippen molar-refractivity contribution in [1.29, 1.82) is 0 Å². The lowest BCUT2D eigenvalue weighted by molar-refractivity contribution is 0.0693. The van der Waals surface area contributed by atoms with Crippen molar-refractivity contribution < 1.29 is 19.8 Å². The zero-order chi connectivity index (χ0) is 19.0. The number of nitrogens with one attached hydrogen (secondary N) is 1. The van der Waals surface area contributed by atoms with Gasteiger partial charge in [-0.05, 0) is 55.8 Å². The summed E-state index contributed by atoms with van der Waals surface area (Å²) in [6.45, 7) is 4.37. The maximum Gasteiger partial charge on any atom is 0.339 e. The lowest BCUT2D eigenvalue weighted by Crippen LogP contribution is -2.18. The average Bonchev–Trinajstić information content (AvgIpc) is 2.88. The number of fused-ring (bicyclic) bond motifs is 1. The molecular formula is C19H17ClN2O4. The van der Waals surface area contributed by atoms with E-state index < -0.39 is 5.97 Å². The summed E-state index contributed by atoms with van der Waals surface area (Å²) >= 11 is 6.08. The first kappa shape index (κ1) is 17.8. The SMILES string of the molecule is CCn1c(C(=O)Nc2ccc(O)c(C(=O)O)c2)c(C)c2cc(Cl)ccc21. The van der Waals surface area contributed by atoms with Crippen LogP contribution in [0.5, 0.6) is 5.75 Å². The highest BCUT2D eigenvalue weighted by Gasteiger charge is 2.20. The van der Waals surface area contributed by atoms with Crippen LogP contribution in [0.15, 0.2) is 36.4 Å². The lowest BCUT2D eigenvalue weighted by Gasteiger charge is -2.11. The minimum Gasteiger partial charge on any atom is -0.507 e. The van der Waals surface area contributed by atoms with Gasteiger partial charge in [-0.2, -0.15) is 0 Å². The number of anilines is 1. The quantitative estimate of drug-likeness (QED) is 0.596.